The minimum Gasteiger partial charge on any atom is -0.358 e. The minimum absolute atomic E-state index is 0.00416. The van der Waals surface area contributed by atoms with E-state index in [1.165, 1.54) is 22.2 Å². The quantitative estimate of drug-likeness (QED) is 0.844. The molecule has 1 aromatic carbocycles. The second kappa shape index (κ2) is 5.39. The number of fused-ring (bicyclic) bond motifs is 3. The maximum absolute atomic E-state index is 12.7. The first-order valence-corrected chi connectivity index (χ1v) is 8.67. The molecule has 4 rings (SSSR count). The summed E-state index contributed by atoms with van der Waals surface area (Å²) in [6.45, 7) is 2.50. The van der Waals surface area contributed by atoms with Crippen molar-refractivity contribution in [2.45, 2.75) is 19.0 Å². The molecule has 21 heavy (non-hydrogen) atoms. The van der Waals surface area contributed by atoms with Gasteiger partial charge in [0.05, 0.1) is 6.04 Å². The molecule has 110 valence electrons. The number of para-hydroxylation sites is 1. The lowest BCUT2D eigenvalue weighted by Crippen LogP contribution is -2.51. The van der Waals surface area contributed by atoms with Gasteiger partial charge in [0.25, 0.3) is 0 Å². The number of aromatic amines is 1. The number of hydrogen-bond acceptors (Lipinski definition) is 3. The highest BCUT2D eigenvalue weighted by Gasteiger charge is 2.29. The molecule has 2 aromatic rings. The van der Waals surface area contributed by atoms with Gasteiger partial charge in [0, 0.05) is 59.7 Å². The van der Waals surface area contributed by atoms with Crippen LogP contribution in [0.15, 0.2) is 24.3 Å². The van der Waals surface area contributed by atoms with E-state index in [4.69, 9.17) is 0 Å². The second-order valence-electron chi connectivity index (χ2n) is 5.72. The number of rotatable bonds is 1. The van der Waals surface area contributed by atoms with E-state index in [0.717, 1.165) is 37.6 Å². The number of carbonyl (C=O) groups is 1. The molecule has 0 radical (unpaired) electrons. The van der Waals surface area contributed by atoms with Gasteiger partial charge in [0.2, 0.25) is 5.91 Å². The third-order valence-corrected chi connectivity index (χ3v) is 5.48. The Kier molecular flexibility index (Phi) is 3.39. The number of carbonyl (C=O) groups excluding carboxylic acids is 1. The molecular weight excluding hydrogens is 282 g/mol. The van der Waals surface area contributed by atoms with Crippen LogP contribution >= 0.6 is 11.8 Å². The Morgan fingerprint density at radius 2 is 2.24 bits per heavy atom. The highest BCUT2D eigenvalue weighted by Crippen LogP contribution is 2.28. The molecule has 4 nitrogen and oxygen atoms in total. The number of amides is 1. The summed E-state index contributed by atoms with van der Waals surface area (Å²) in [6, 6.07) is 8.37. The fourth-order valence-electron chi connectivity index (χ4n) is 3.30. The summed E-state index contributed by atoms with van der Waals surface area (Å²) < 4.78 is 0. The van der Waals surface area contributed by atoms with Crippen LogP contribution < -0.4 is 5.32 Å². The van der Waals surface area contributed by atoms with Crippen molar-refractivity contribution in [3.05, 3.63) is 35.5 Å². The molecule has 0 spiro atoms. The van der Waals surface area contributed by atoms with E-state index in [0.29, 0.717) is 0 Å². The monoisotopic (exact) mass is 301 g/mol. The van der Waals surface area contributed by atoms with Gasteiger partial charge >= 0.3 is 0 Å². The molecule has 2 N–H and O–H groups in total. The Labute approximate surface area is 128 Å². The zero-order valence-corrected chi connectivity index (χ0v) is 12.7. The van der Waals surface area contributed by atoms with E-state index in [1.54, 1.807) is 0 Å². The van der Waals surface area contributed by atoms with Crippen LogP contribution in [-0.4, -0.2) is 46.4 Å². The summed E-state index contributed by atoms with van der Waals surface area (Å²) in [5, 5.41) is 4.61. The van der Waals surface area contributed by atoms with Gasteiger partial charge in [-0.15, -0.1) is 0 Å². The van der Waals surface area contributed by atoms with E-state index in [2.05, 4.69) is 34.6 Å². The van der Waals surface area contributed by atoms with Crippen molar-refractivity contribution < 1.29 is 4.79 Å². The fraction of sp³-hybridized carbons (Fsp3) is 0.438. The molecule has 1 atom stereocenters. The number of benzene rings is 1. The maximum atomic E-state index is 12.7. The molecule has 2 aliphatic rings. The number of hydrogen-bond donors (Lipinski definition) is 2. The summed E-state index contributed by atoms with van der Waals surface area (Å²) in [7, 11) is 0. The smallest absolute Gasteiger partial charge is 0.240 e. The Hall–Kier alpha value is -1.46. The molecule has 0 saturated carbocycles. The zero-order chi connectivity index (χ0) is 14.2. The molecule has 1 amide bonds. The molecule has 1 saturated heterocycles. The van der Waals surface area contributed by atoms with Crippen LogP contribution in [0.2, 0.25) is 0 Å². The van der Waals surface area contributed by atoms with Crippen molar-refractivity contribution >= 4 is 28.6 Å². The van der Waals surface area contributed by atoms with Gasteiger partial charge < -0.3 is 15.2 Å². The number of nitrogens with one attached hydrogen (secondary N) is 2. The Balaban J connectivity index is 1.59. The van der Waals surface area contributed by atoms with Crippen molar-refractivity contribution in [3.8, 4) is 0 Å². The van der Waals surface area contributed by atoms with Gasteiger partial charge in [0.1, 0.15) is 0 Å². The van der Waals surface area contributed by atoms with Crippen LogP contribution in [0.1, 0.15) is 11.3 Å². The SMILES string of the molecule is O=C(C1CSCCN1)N1CCc2[nH]c3ccccc3c2C1. The van der Waals surface area contributed by atoms with Crippen molar-refractivity contribution in [3.63, 3.8) is 0 Å². The van der Waals surface area contributed by atoms with Gasteiger partial charge in [-0.3, -0.25) is 4.79 Å². The molecule has 1 aromatic heterocycles. The summed E-state index contributed by atoms with van der Waals surface area (Å²) >= 11 is 1.87. The lowest BCUT2D eigenvalue weighted by Gasteiger charge is -2.32. The molecule has 2 aliphatic heterocycles. The average Bonchev–Trinajstić information content (AvgIpc) is 2.93. The average molecular weight is 301 g/mol. The van der Waals surface area contributed by atoms with E-state index < -0.39 is 0 Å². The van der Waals surface area contributed by atoms with Crippen LogP contribution in [0.25, 0.3) is 10.9 Å². The van der Waals surface area contributed by atoms with E-state index in [-0.39, 0.29) is 11.9 Å². The molecule has 1 unspecified atom stereocenters. The van der Waals surface area contributed by atoms with Gasteiger partial charge in [-0.2, -0.15) is 11.8 Å². The van der Waals surface area contributed by atoms with Gasteiger partial charge in [-0.05, 0) is 6.07 Å². The number of thioether (sulfide) groups is 1. The predicted octanol–water partition coefficient (Wildman–Crippen LogP) is 1.76. The highest BCUT2D eigenvalue weighted by molar-refractivity contribution is 7.99. The third-order valence-electron chi connectivity index (χ3n) is 4.41. The maximum Gasteiger partial charge on any atom is 0.240 e. The summed E-state index contributed by atoms with van der Waals surface area (Å²) in [5.41, 5.74) is 3.78. The topological polar surface area (TPSA) is 48.1 Å². The Morgan fingerprint density at radius 1 is 1.33 bits per heavy atom. The van der Waals surface area contributed by atoms with Crippen LogP contribution in [0.3, 0.4) is 0 Å². The summed E-state index contributed by atoms with van der Waals surface area (Å²) in [6.07, 6.45) is 0.926. The first-order valence-electron chi connectivity index (χ1n) is 7.51. The fourth-order valence-corrected chi connectivity index (χ4v) is 4.22. The van der Waals surface area contributed by atoms with Gasteiger partial charge in [-0.1, -0.05) is 18.2 Å². The lowest BCUT2D eigenvalue weighted by molar-refractivity contribution is -0.133. The van der Waals surface area contributed by atoms with E-state index >= 15 is 0 Å². The van der Waals surface area contributed by atoms with Crippen LogP contribution in [0, 0.1) is 0 Å². The standard InChI is InChI=1S/C16H19N3OS/c20-16(15-10-21-8-6-17-15)19-7-5-14-12(9-19)11-3-1-2-4-13(11)18-14/h1-4,15,17-18H,5-10H2. The van der Waals surface area contributed by atoms with Crippen molar-refractivity contribution in [2.24, 2.45) is 0 Å². The third kappa shape index (κ3) is 2.34. The van der Waals surface area contributed by atoms with Gasteiger partial charge in [0.15, 0.2) is 0 Å². The summed E-state index contributed by atoms with van der Waals surface area (Å²) in [4.78, 5) is 18.2. The number of H-pyrrole nitrogens is 1. The highest BCUT2D eigenvalue weighted by atomic mass is 32.2. The van der Waals surface area contributed by atoms with Crippen LogP contribution in [-0.2, 0) is 17.8 Å². The predicted molar refractivity (Wildman–Crippen MR) is 86.5 cm³/mol. The molecule has 0 bridgehead atoms. The van der Waals surface area contributed by atoms with Crippen molar-refractivity contribution in [1.29, 1.82) is 0 Å². The molecule has 1 fully saturated rings. The first kappa shape index (κ1) is 13.2. The second-order valence-corrected chi connectivity index (χ2v) is 6.87. The molecule has 3 heterocycles. The van der Waals surface area contributed by atoms with Crippen molar-refractivity contribution in [2.75, 3.05) is 24.6 Å². The van der Waals surface area contributed by atoms with Crippen LogP contribution in [0.4, 0.5) is 0 Å². The summed E-state index contributed by atoms with van der Waals surface area (Å²) in [5.74, 6) is 2.27. The zero-order valence-electron chi connectivity index (χ0n) is 11.9. The van der Waals surface area contributed by atoms with E-state index in [9.17, 15) is 4.79 Å². The Bertz CT molecular complexity index is 675. The van der Waals surface area contributed by atoms with Crippen LogP contribution in [0.5, 0.6) is 0 Å². The van der Waals surface area contributed by atoms with E-state index in [1.807, 2.05) is 16.7 Å². The first-order chi connectivity index (χ1) is 10.3. The largest absolute Gasteiger partial charge is 0.358 e. The van der Waals surface area contributed by atoms with Gasteiger partial charge in [-0.25, -0.2) is 0 Å². The molecule has 5 heteroatoms. The normalized spacial score (nSPS) is 22.3. The molecular formula is C16H19N3OS. The lowest BCUT2D eigenvalue weighted by atomic mass is 10.0. The number of nitrogens with zero attached hydrogens (tertiary/aromatic N) is 1. The van der Waals surface area contributed by atoms with Crippen molar-refractivity contribution in [1.82, 2.24) is 15.2 Å². The Morgan fingerprint density at radius 3 is 3.10 bits per heavy atom. The minimum atomic E-state index is -0.00416. The molecule has 0 aliphatic carbocycles. The number of aromatic nitrogens is 1.